The molecule has 1 rings (SSSR count). The second-order valence-corrected chi connectivity index (χ2v) is 2.66. The van der Waals surface area contributed by atoms with Crippen LogP contribution in [0.3, 0.4) is 0 Å². The zero-order valence-electron chi connectivity index (χ0n) is 9.00. The number of benzene rings is 1. The third-order valence-electron chi connectivity index (χ3n) is 1.66. The van der Waals surface area contributed by atoms with E-state index in [1.165, 1.54) is 6.92 Å². The second-order valence-electron chi connectivity index (χ2n) is 2.66. The lowest BCUT2D eigenvalue weighted by Crippen LogP contribution is -1.96. The topological polar surface area (TPSA) is 43.1 Å². The predicted molar refractivity (Wildman–Crippen MR) is 61.0 cm³/mol. The lowest BCUT2D eigenvalue weighted by atomic mass is 10.1. The van der Waals surface area contributed by atoms with Crippen LogP contribution in [-0.2, 0) is 0 Å². The fourth-order valence-electron chi connectivity index (χ4n) is 0.919. The van der Waals surface area contributed by atoms with Gasteiger partial charge in [-0.25, -0.2) is 0 Å². The van der Waals surface area contributed by atoms with Crippen LogP contribution in [-0.4, -0.2) is 5.78 Å². The average Bonchev–Trinajstić information content (AvgIpc) is 2.21. The molecule has 0 aliphatic carbocycles. The maximum Gasteiger partial charge on any atom is 0.159 e. The van der Waals surface area contributed by atoms with E-state index in [1.807, 2.05) is 13.8 Å². The van der Waals surface area contributed by atoms with Gasteiger partial charge in [0.2, 0.25) is 0 Å². The number of Topliss-reactive ketones (excluding diaryl/α,β-unsaturated/α-hetero) is 1. The van der Waals surface area contributed by atoms with Gasteiger partial charge >= 0.3 is 0 Å². The first-order chi connectivity index (χ1) is 6.61. The summed E-state index contributed by atoms with van der Waals surface area (Å²) in [4.78, 5) is 10.9. The highest BCUT2D eigenvalue weighted by atomic mass is 16.1. The SMILES string of the molecule is C=C(N)c1ccc(C(C)=O)cc1.CC. The average molecular weight is 191 g/mol. The first kappa shape index (κ1) is 12.4. The molecule has 0 aliphatic heterocycles. The van der Waals surface area contributed by atoms with E-state index >= 15 is 0 Å². The van der Waals surface area contributed by atoms with Gasteiger partial charge in [0.1, 0.15) is 0 Å². The Morgan fingerprint density at radius 1 is 1.14 bits per heavy atom. The Morgan fingerprint density at radius 2 is 1.50 bits per heavy atom. The molecule has 0 radical (unpaired) electrons. The van der Waals surface area contributed by atoms with Crippen LogP contribution in [0.25, 0.3) is 5.70 Å². The summed E-state index contributed by atoms with van der Waals surface area (Å²) in [5.74, 6) is 0.0594. The van der Waals surface area contributed by atoms with Crippen LogP contribution in [0.2, 0.25) is 0 Å². The molecule has 2 nitrogen and oxygen atoms in total. The Balaban J connectivity index is 0.000000791. The minimum atomic E-state index is 0.0594. The Kier molecular flexibility index (Phi) is 5.30. The second kappa shape index (κ2) is 5.97. The molecule has 0 unspecified atom stereocenters. The third-order valence-corrected chi connectivity index (χ3v) is 1.66. The van der Waals surface area contributed by atoms with Crippen molar-refractivity contribution in [2.75, 3.05) is 0 Å². The van der Waals surface area contributed by atoms with Gasteiger partial charge in [-0.1, -0.05) is 44.7 Å². The Hall–Kier alpha value is -1.57. The zero-order chi connectivity index (χ0) is 11.1. The van der Waals surface area contributed by atoms with Crippen molar-refractivity contribution >= 4 is 11.5 Å². The van der Waals surface area contributed by atoms with Crippen LogP contribution in [0, 0.1) is 0 Å². The molecule has 1 aromatic carbocycles. The molecule has 14 heavy (non-hydrogen) atoms. The maximum atomic E-state index is 10.9. The number of carbonyl (C=O) groups is 1. The van der Waals surface area contributed by atoms with Gasteiger partial charge in [0.25, 0.3) is 0 Å². The summed E-state index contributed by atoms with van der Waals surface area (Å²) in [5.41, 5.74) is 7.53. The standard InChI is InChI=1S/C10H11NO.C2H6/c1-7(11)9-3-5-10(6-4-9)8(2)12;1-2/h3-6H,1,11H2,2H3;1-2H3. The van der Waals surface area contributed by atoms with Crippen molar-refractivity contribution in [1.29, 1.82) is 0 Å². The molecule has 1 aromatic rings. The van der Waals surface area contributed by atoms with Crippen molar-refractivity contribution < 1.29 is 4.79 Å². The van der Waals surface area contributed by atoms with Crippen molar-refractivity contribution in [3.05, 3.63) is 42.0 Å². The summed E-state index contributed by atoms with van der Waals surface area (Å²) >= 11 is 0. The van der Waals surface area contributed by atoms with Crippen molar-refractivity contribution in [2.45, 2.75) is 20.8 Å². The molecular weight excluding hydrogens is 174 g/mol. The summed E-state index contributed by atoms with van der Waals surface area (Å²) in [5, 5.41) is 0. The predicted octanol–water partition coefficient (Wildman–Crippen LogP) is 2.84. The smallest absolute Gasteiger partial charge is 0.159 e. The molecule has 76 valence electrons. The van der Waals surface area contributed by atoms with E-state index in [-0.39, 0.29) is 5.78 Å². The van der Waals surface area contributed by atoms with Crippen molar-refractivity contribution in [2.24, 2.45) is 5.73 Å². The number of nitrogens with two attached hydrogens (primary N) is 1. The van der Waals surface area contributed by atoms with Gasteiger partial charge in [0, 0.05) is 11.3 Å². The molecule has 0 amide bonds. The van der Waals surface area contributed by atoms with Crippen molar-refractivity contribution in [1.82, 2.24) is 0 Å². The van der Waals surface area contributed by atoms with Crippen LogP contribution in [0.15, 0.2) is 30.8 Å². The first-order valence-corrected chi connectivity index (χ1v) is 4.67. The van der Waals surface area contributed by atoms with Gasteiger partial charge in [-0.05, 0) is 12.5 Å². The molecule has 0 aromatic heterocycles. The van der Waals surface area contributed by atoms with Crippen LogP contribution < -0.4 is 5.73 Å². The van der Waals surface area contributed by atoms with Gasteiger partial charge < -0.3 is 5.73 Å². The molecule has 2 N–H and O–H groups in total. The molecule has 0 heterocycles. The van der Waals surface area contributed by atoms with Gasteiger partial charge in [-0.2, -0.15) is 0 Å². The number of carbonyl (C=O) groups excluding carboxylic acids is 1. The van der Waals surface area contributed by atoms with E-state index in [0.29, 0.717) is 11.3 Å². The Labute approximate surface area is 85.4 Å². The van der Waals surface area contributed by atoms with E-state index in [1.54, 1.807) is 24.3 Å². The molecule has 0 saturated carbocycles. The minimum absolute atomic E-state index is 0.0594. The van der Waals surface area contributed by atoms with Crippen molar-refractivity contribution in [3.63, 3.8) is 0 Å². The highest BCUT2D eigenvalue weighted by Gasteiger charge is 1.98. The van der Waals surface area contributed by atoms with Gasteiger partial charge in [-0.15, -0.1) is 0 Å². The summed E-state index contributed by atoms with van der Waals surface area (Å²) in [6, 6.07) is 7.07. The molecule has 0 atom stereocenters. The lowest BCUT2D eigenvalue weighted by molar-refractivity contribution is 0.101. The monoisotopic (exact) mass is 191 g/mol. The van der Waals surface area contributed by atoms with Crippen LogP contribution in [0.5, 0.6) is 0 Å². The molecule has 0 spiro atoms. The van der Waals surface area contributed by atoms with Crippen molar-refractivity contribution in [3.8, 4) is 0 Å². The summed E-state index contributed by atoms with van der Waals surface area (Å²) in [6.45, 7) is 9.13. The third kappa shape index (κ3) is 3.44. The highest BCUT2D eigenvalue weighted by Crippen LogP contribution is 2.08. The lowest BCUT2D eigenvalue weighted by Gasteiger charge is -1.99. The zero-order valence-corrected chi connectivity index (χ0v) is 9.00. The number of rotatable bonds is 2. The number of hydrogen-bond acceptors (Lipinski definition) is 2. The van der Waals surface area contributed by atoms with Gasteiger partial charge in [0.05, 0.1) is 0 Å². The van der Waals surface area contributed by atoms with E-state index in [2.05, 4.69) is 6.58 Å². The molecule has 2 heteroatoms. The van der Waals surface area contributed by atoms with E-state index in [0.717, 1.165) is 5.56 Å². The fraction of sp³-hybridized carbons (Fsp3) is 0.250. The summed E-state index contributed by atoms with van der Waals surface area (Å²) in [7, 11) is 0. The Bertz CT molecular complexity index is 279. The van der Waals surface area contributed by atoms with E-state index in [4.69, 9.17) is 5.73 Å². The summed E-state index contributed by atoms with van der Waals surface area (Å²) < 4.78 is 0. The number of ketones is 1. The molecular formula is C12H17NO. The maximum absolute atomic E-state index is 10.9. The van der Waals surface area contributed by atoms with Crippen LogP contribution in [0.4, 0.5) is 0 Å². The van der Waals surface area contributed by atoms with E-state index < -0.39 is 0 Å². The van der Waals surface area contributed by atoms with Crippen LogP contribution >= 0.6 is 0 Å². The fourth-order valence-corrected chi connectivity index (χ4v) is 0.919. The molecule has 0 saturated heterocycles. The molecule has 0 bridgehead atoms. The van der Waals surface area contributed by atoms with Crippen LogP contribution in [0.1, 0.15) is 36.7 Å². The van der Waals surface area contributed by atoms with Gasteiger partial charge in [-0.3, -0.25) is 4.79 Å². The first-order valence-electron chi connectivity index (χ1n) is 4.67. The largest absolute Gasteiger partial charge is 0.399 e. The number of hydrogen-bond donors (Lipinski definition) is 1. The highest BCUT2D eigenvalue weighted by molar-refractivity contribution is 5.94. The van der Waals surface area contributed by atoms with Gasteiger partial charge in [0.15, 0.2) is 5.78 Å². The normalized spacial score (nSPS) is 8.50. The molecule has 0 fully saturated rings. The minimum Gasteiger partial charge on any atom is -0.399 e. The quantitative estimate of drug-likeness (QED) is 0.730. The summed E-state index contributed by atoms with van der Waals surface area (Å²) in [6.07, 6.45) is 0. The van der Waals surface area contributed by atoms with E-state index in [9.17, 15) is 4.79 Å². The molecule has 0 aliphatic rings. The Morgan fingerprint density at radius 3 is 1.79 bits per heavy atom.